The molecule has 0 atom stereocenters. The number of carboxylic acids is 1. The van der Waals surface area contributed by atoms with Gasteiger partial charge in [-0.2, -0.15) is 0 Å². The molecular weight excluding hydrogens is 293 g/mol. The van der Waals surface area contributed by atoms with Gasteiger partial charge in [-0.25, -0.2) is 9.18 Å². The Hall–Kier alpha value is -1.92. The summed E-state index contributed by atoms with van der Waals surface area (Å²) < 4.78 is 15.0. The Morgan fingerprint density at radius 3 is 2.84 bits per heavy atom. The number of hydrogen-bond donors (Lipinski definition) is 1. The molecule has 0 spiro atoms. The highest BCUT2D eigenvalue weighted by molar-refractivity contribution is 7.16. The molecule has 0 saturated heterocycles. The predicted molar refractivity (Wildman–Crippen MR) is 71.0 cm³/mol. The Labute approximate surface area is 114 Å². The van der Waals surface area contributed by atoms with E-state index in [9.17, 15) is 14.0 Å². The first-order valence-corrected chi connectivity index (χ1v) is 6.40. The molecule has 3 rings (SSSR count). The van der Waals surface area contributed by atoms with Crippen molar-refractivity contribution >= 4 is 44.6 Å². The van der Waals surface area contributed by atoms with Crippen molar-refractivity contribution < 1.29 is 14.3 Å². The maximum atomic E-state index is 13.5. The molecular formula is C12H5ClFNO3S. The summed E-state index contributed by atoms with van der Waals surface area (Å²) in [6, 6.07) is 2.29. The van der Waals surface area contributed by atoms with Gasteiger partial charge in [0.2, 0.25) is 5.43 Å². The predicted octanol–water partition coefficient (Wildman–Crippen LogP) is 3.00. The molecule has 2 aromatic heterocycles. The minimum absolute atomic E-state index is 0.00444. The number of halogens is 2. The van der Waals surface area contributed by atoms with Gasteiger partial charge >= 0.3 is 5.97 Å². The molecule has 0 bridgehead atoms. The van der Waals surface area contributed by atoms with Crippen LogP contribution in [0.1, 0.15) is 10.4 Å². The third-order valence-corrected chi connectivity index (χ3v) is 3.98. The molecule has 0 amide bonds. The quantitative estimate of drug-likeness (QED) is 0.751. The number of carboxylic acid groups (broad SMARTS) is 1. The summed E-state index contributed by atoms with van der Waals surface area (Å²) in [4.78, 5) is 23.6. The SMILES string of the molecule is O=C(O)c1c(=O)c2cc(F)c(Cl)cc2n2ccsc12. The zero-order valence-electron chi connectivity index (χ0n) is 9.18. The Morgan fingerprint density at radius 2 is 2.16 bits per heavy atom. The van der Waals surface area contributed by atoms with Gasteiger partial charge in [0, 0.05) is 11.6 Å². The molecule has 0 aliphatic carbocycles. The van der Waals surface area contributed by atoms with Gasteiger partial charge in [0.15, 0.2) is 0 Å². The second kappa shape index (κ2) is 4.04. The second-order valence-corrected chi connectivity index (χ2v) is 5.17. The van der Waals surface area contributed by atoms with Gasteiger partial charge in [0.05, 0.1) is 15.9 Å². The number of rotatable bonds is 1. The fourth-order valence-corrected chi connectivity index (χ4v) is 3.03. The molecule has 0 unspecified atom stereocenters. The van der Waals surface area contributed by atoms with E-state index in [1.54, 1.807) is 11.6 Å². The summed E-state index contributed by atoms with van der Waals surface area (Å²) in [5, 5.41) is 10.7. The van der Waals surface area contributed by atoms with Crippen molar-refractivity contribution in [3.63, 3.8) is 0 Å². The highest BCUT2D eigenvalue weighted by Gasteiger charge is 2.19. The summed E-state index contributed by atoms with van der Waals surface area (Å²) in [5.41, 5.74) is -0.678. The molecule has 1 N–H and O–H groups in total. The molecule has 0 saturated carbocycles. The fourth-order valence-electron chi connectivity index (χ4n) is 1.99. The minimum Gasteiger partial charge on any atom is -0.477 e. The summed E-state index contributed by atoms with van der Waals surface area (Å²) in [7, 11) is 0. The first-order chi connectivity index (χ1) is 9.00. The highest BCUT2D eigenvalue weighted by Crippen LogP contribution is 2.25. The van der Waals surface area contributed by atoms with Crippen molar-refractivity contribution in [2.75, 3.05) is 0 Å². The molecule has 0 fully saturated rings. The Bertz CT molecular complexity index is 899. The van der Waals surface area contributed by atoms with Crippen molar-refractivity contribution in [1.29, 1.82) is 0 Å². The first kappa shape index (κ1) is 12.1. The van der Waals surface area contributed by atoms with E-state index in [0.29, 0.717) is 10.3 Å². The average Bonchev–Trinajstić information content (AvgIpc) is 2.80. The number of aromatic carboxylic acids is 1. The molecule has 4 nitrogen and oxygen atoms in total. The third kappa shape index (κ3) is 1.64. The molecule has 96 valence electrons. The lowest BCUT2D eigenvalue weighted by Gasteiger charge is -2.06. The van der Waals surface area contributed by atoms with Crippen LogP contribution < -0.4 is 5.43 Å². The number of thiazole rings is 1. The van der Waals surface area contributed by atoms with Gasteiger partial charge in [-0.1, -0.05) is 11.6 Å². The van der Waals surface area contributed by atoms with Crippen LogP contribution in [0.15, 0.2) is 28.5 Å². The lowest BCUT2D eigenvalue weighted by Crippen LogP contribution is -2.17. The smallest absolute Gasteiger partial charge is 0.342 e. The maximum Gasteiger partial charge on any atom is 0.342 e. The zero-order chi connectivity index (χ0) is 13.7. The van der Waals surface area contributed by atoms with Crippen molar-refractivity contribution in [2.24, 2.45) is 0 Å². The third-order valence-electron chi connectivity index (χ3n) is 2.81. The number of aromatic nitrogens is 1. The number of nitrogens with zero attached hydrogens (tertiary/aromatic N) is 1. The van der Waals surface area contributed by atoms with Crippen molar-refractivity contribution in [3.8, 4) is 0 Å². The van der Waals surface area contributed by atoms with E-state index < -0.39 is 17.2 Å². The van der Waals surface area contributed by atoms with Gasteiger partial charge < -0.3 is 9.51 Å². The van der Waals surface area contributed by atoms with Crippen LogP contribution in [0.3, 0.4) is 0 Å². The molecule has 1 aromatic carbocycles. The van der Waals surface area contributed by atoms with E-state index in [2.05, 4.69) is 0 Å². The lowest BCUT2D eigenvalue weighted by molar-refractivity contribution is 0.0697. The van der Waals surface area contributed by atoms with Crippen molar-refractivity contribution in [2.45, 2.75) is 0 Å². The van der Waals surface area contributed by atoms with Crippen molar-refractivity contribution in [3.05, 3.63) is 50.3 Å². The van der Waals surface area contributed by atoms with Gasteiger partial charge in [0.1, 0.15) is 16.2 Å². The zero-order valence-corrected chi connectivity index (χ0v) is 10.8. The number of hydrogen-bond acceptors (Lipinski definition) is 3. The van der Waals surface area contributed by atoms with Crippen LogP contribution in [0.2, 0.25) is 5.02 Å². The molecule has 2 heterocycles. The van der Waals surface area contributed by atoms with E-state index >= 15 is 0 Å². The van der Waals surface area contributed by atoms with Gasteiger partial charge in [-0.3, -0.25) is 4.79 Å². The van der Waals surface area contributed by atoms with Gasteiger partial charge in [-0.05, 0) is 12.1 Å². The van der Waals surface area contributed by atoms with Gasteiger partial charge in [-0.15, -0.1) is 11.3 Å². The van der Waals surface area contributed by atoms with E-state index in [-0.39, 0.29) is 16.0 Å². The normalized spacial score (nSPS) is 11.3. The van der Waals surface area contributed by atoms with Crippen LogP contribution in [0.5, 0.6) is 0 Å². The molecule has 3 aromatic rings. The lowest BCUT2D eigenvalue weighted by atomic mass is 10.1. The van der Waals surface area contributed by atoms with E-state index in [0.717, 1.165) is 17.4 Å². The molecule has 0 radical (unpaired) electrons. The second-order valence-electron chi connectivity index (χ2n) is 3.87. The molecule has 0 aliphatic rings. The van der Waals surface area contributed by atoms with Crippen molar-refractivity contribution in [1.82, 2.24) is 4.40 Å². The highest BCUT2D eigenvalue weighted by atomic mass is 35.5. The van der Waals surface area contributed by atoms with Crippen LogP contribution in [0, 0.1) is 5.82 Å². The Morgan fingerprint density at radius 1 is 1.42 bits per heavy atom. The van der Waals surface area contributed by atoms with E-state index in [1.807, 2.05) is 0 Å². The summed E-state index contributed by atoms with van der Waals surface area (Å²) in [6.07, 6.45) is 1.61. The Balaban J connectivity index is 2.68. The summed E-state index contributed by atoms with van der Waals surface area (Å²) in [5.74, 6) is -2.08. The van der Waals surface area contributed by atoms with Crippen LogP contribution >= 0.6 is 22.9 Å². The molecule has 7 heteroatoms. The number of carbonyl (C=O) groups is 1. The minimum atomic E-state index is -1.33. The fraction of sp³-hybridized carbons (Fsp3) is 0. The van der Waals surface area contributed by atoms with Gasteiger partial charge in [0.25, 0.3) is 0 Å². The molecule has 0 aliphatic heterocycles. The van der Waals surface area contributed by atoms with Crippen LogP contribution in [-0.2, 0) is 0 Å². The number of benzene rings is 1. The summed E-state index contributed by atoms with van der Waals surface area (Å²) >= 11 is 6.83. The van der Waals surface area contributed by atoms with Crippen LogP contribution in [0.4, 0.5) is 4.39 Å². The van der Waals surface area contributed by atoms with E-state index in [4.69, 9.17) is 16.7 Å². The topological polar surface area (TPSA) is 58.8 Å². The summed E-state index contributed by atoms with van der Waals surface area (Å²) in [6.45, 7) is 0. The average molecular weight is 298 g/mol. The number of pyridine rings is 1. The number of fused-ring (bicyclic) bond motifs is 3. The largest absolute Gasteiger partial charge is 0.477 e. The van der Waals surface area contributed by atoms with Crippen LogP contribution in [-0.4, -0.2) is 15.5 Å². The Kier molecular flexibility index (Phi) is 2.58. The maximum absolute atomic E-state index is 13.5. The van der Waals surface area contributed by atoms with Crippen LogP contribution in [0.25, 0.3) is 15.7 Å². The first-order valence-electron chi connectivity index (χ1n) is 5.14. The molecule has 19 heavy (non-hydrogen) atoms. The standard InChI is InChI=1S/C12H5ClFNO3S/c13-6-4-8-5(3-7(6)14)10(16)9(12(17)18)11-15(8)1-2-19-11/h1-4H,(H,17,18). The monoisotopic (exact) mass is 297 g/mol. The van der Waals surface area contributed by atoms with E-state index in [1.165, 1.54) is 10.5 Å².